The van der Waals surface area contributed by atoms with Crippen molar-refractivity contribution in [2.75, 3.05) is 59.7 Å². The fourth-order valence-electron chi connectivity index (χ4n) is 2.82. The second-order valence-electron chi connectivity index (χ2n) is 5.65. The molecule has 142 valence electrons. The smallest absolute Gasteiger partial charge is 0.191 e. The van der Waals surface area contributed by atoms with Crippen LogP contribution in [0.25, 0.3) is 0 Å². The van der Waals surface area contributed by atoms with Crippen molar-refractivity contribution in [1.82, 2.24) is 15.5 Å². The van der Waals surface area contributed by atoms with Gasteiger partial charge in [-0.2, -0.15) is 0 Å². The molecule has 0 radical (unpaired) electrons. The molecule has 7 heteroatoms. The van der Waals surface area contributed by atoms with Gasteiger partial charge in [0.1, 0.15) is 0 Å². The van der Waals surface area contributed by atoms with Crippen LogP contribution in [0.5, 0.6) is 0 Å². The molecule has 0 amide bonds. The van der Waals surface area contributed by atoms with Gasteiger partial charge in [0.15, 0.2) is 5.96 Å². The number of morpholine rings is 1. The van der Waals surface area contributed by atoms with Crippen molar-refractivity contribution in [3.05, 3.63) is 35.9 Å². The Labute approximate surface area is 168 Å². The number of aliphatic imine (C=N–C) groups is 1. The van der Waals surface area contributed by atoms with E-state index < -0.39 is 0 Å². The van der Waals surface area contributed by atoms with Crippen molar-refractivity contribution in [3.8, 4) is 0 Å². The summed E-state index contributed by atoms with van der Waals surface area (Å²) in [5.74, 6) is 0.809. The second-order valence-corrected chi connectivity index (χ2v) is 5.65. The molecule has 1 saturated heterocycles. The van der Waals surface area contributed by atoms with Gasteiger partial charge in [0, 0.05) is 39.8 Å². The molecule has 1 atom stereocenters. The molecule has 25 heavy (non-hydrogen) atoms. The lowest BCUT2D eigenvalue weighted by molar-refractivity contribution is 0.0170. The minimum Gasteiger partial charge on any atom is -0.380 e. The number of rotatable bonds is 8. The van der Waals surface area contributed by atoms with E-state index >= 15 is 0 Å². The molecule has 0 bridgehead atoms. The largest absolute Gasteiger partial charge is 0.380 e. The third-order valence-corrected chi connectivity index (χ3v) is 4.10. The Bertz CT molecular complexity index is 481. The van der Waals surface area contributed by atoms with E-state index in [1.54, 1.807) is 7.05 Å². The van der Waals surface area contributed by atoms with Gasteiger partial charge >= 0.3 is 0 Å². The maximum Gasteiger partial charge on any atom is 0.191 e. The number of hydrogen-bond donors (Lipinski definition) is 2. The van der Waals surface area contributed by atoms with E-state index in [1.165, 1.54) is 5.56 Å². The first-order valence-electron chi connectivity index (χ1n) is 8.74. The predicted octanol–water partition coefficient (Wildman–Crippen LogP) is 1.88. The quantitative estimate of drug-likeness (QED) is 0.268. The van der Waals surface area contributed by atoms with E-state index in [0.29, 0.717) is 12.6 Å². The average Bonchev–Trinajstić information content (AvgIpc) is 2.65. The molecular formula is C18H31IN4O2. The zero-order valence-electron chi connectivity index (χ0n) is 15.2. The zero-order chi connectivity index (χ0) is 17.0. The molecule has 1 heterocycles. The van der Waals surface area contributed by atoms with Gasteiger partial charge in [-0.15, -0.1) is 24.0 Å². The first kappa shape index (κ1) is 22.1. The van der Waals surface area contributed by atoms with Crippen LogP contribution in [-0.2, 0) is 9.47 Å². The molecule has 1 aliphatic rings. The number of halogens is 1. The van der Waals surface area contributed by atoms with Crippen molar-refractivity contribution in [3.63, 3.8) is 0 Å². The van der Waals surface area contributed by atoms with Gasteiger partial charge < -0.3 is 20.1 Å². The Morgan fingerprint density at radius 1 is 1.24 bits per heavy atom. The van der Waals surface area contributed by atoms with E-state index in [2.05, 4.69) is 50.9 Å². The summed E-state index contributed by atoms with van der Waals surface area (Å²) in [6.45, 7) is 8.48. The monoisotopic (exact) mass is 462 g/mol. The molecule has 6 nitrogen and oxygen atoms in total. The number of benzene rings is 1. The molecule has 1 fully saturated rings. The summed E-state index contributed by atoms with van der Waals surface area (Å²) in [5, 5.41) is 6.73. The average molecular weight is 462 g/mol. The maximum atomic E-state index is 5.50. The molecule has 1 aliphatic heterocycles. The van der Waals surface area contributed by atoms with E-state index in [4.69, 9.17) is 9.47 Å². The molecule has 2 rings (SSSR count). The summed E-state index contributed by atoms with van der Waals surface area (Å²) < 4.78 is 10.8. The Kier molecular flexibility index (Phi) is 11.8. The molecule has 1 aromatic rings. The standard InChI is InChI=1S/C18H30N4O2.HI/c1-3-23-12-9-20-18(19-2)21-15-17(16-7-5-4-6-8-16)22-10-13-24-14-11-22;/h4-8,17H,3,9-15H2,1-2H3,(H2,19,20,21);1H. The van der Waals surface area contributed by atoms with Crippen LogP contribution in [0.4, 0.5) is 0 Å². The van der Waals surface area contributed by atoms with Crippen LogP contribution >= 0.6 is 24.0 Å². The van der Waals surface area contributed by atoms with Gasteiger partial charge in [-0.3, -0.25) is 9.89 Å². The molecule has 2 N–H and O–H groups in total. The summed E-state index contributed by atoms with van der Waals surface area (Å²) in [7, 11) is 1.79. The molecule has 0 aromatic heterocycles. The van der Waals surface area contributed by atoms with Crippen molar-refractivity contribution < 1.29 is 9.47 Å². The van der Waals surface area contributed by atoms with E-state index in [-0.39, 0.29) is 24.0 Å². The zero-order valence-corrected chi connectivity index (χ0v) is 17.6. The van der Waals surface area contributed by atoms with Gasteiger partial charge in [0.05, 0.1) is 25.9 Å². The van der Waals surface area contributed by atoms with E-state index in [1.807, 2.05) is 6.92 Å². The SMILES string of the molecule is CCOCCNC(=NC)NCC(c1ccccc1)N1CCOCC1.I. The van der Waals surface area contributed by atoms with Crippen LogP contribution in [-0.4, -0.2) is 70.5 Å². The molecule has 1 unspecified atom stereocenters. The van der Waals surface area contributed by atoms with Crippen LogP contribution in [0.15, 0.2) is 35.3 Å². The van der Waals surface area contributed by atoms with Gasteiger partial charge in [0.25, 0.3) is 0 Å². The van der Waals surface area contributed by atoms with Crippen molar-refractivity contribution >= 4 is 29.9 Å². The van der Waals surface area contributed by atoms with Gasteiger partial charge in [-0.1, -0.05) is 30.3 Å². The minimum atomic E-state index is 0. The first-order chi connectivity index (χ1) is 11.8. The normalized spacial score (nSPS) is 16.8. The highest BCUT2D eigenvalue weighted by Gasteiger charge is 2.22. The Balaban J connectivity index is 0.00000312. The maximum absolute atomic E-state index is 5.50. The van der Waals surface area contributed by atoms with E-state index in [9.17, 15) is 0 Å². The Morgan fingerprint density at radius 2 is 1.96 bits per heavy atom. The minimum absolute atomic E-state index is 0. The lowest BCUT2D eigenvalue weighted by atomic mass is 10.0. The molecule has 0 saturated carbocycles. The lowest BCUT2D eigenvalue weighted by Gasteiger charge is -2.35. The number of ether oxygens (including phenoxy) is 2. The highest BCUT2D eigenvalue weighted by atomic mass is 127. The van der Waals surface area contributed by atoms with Crippen LogP contribution in [0.3, 0.4) is 0 Å². The fourth-order valence-corrected chi connectivity index (χ4v) is 2.82. The van der Waals surface area contributed by atoms with Gasteiger partial charge in [-0.05, 0) is 12.5 Å². The van der Waals surface area contributed by atoms with Crippen LogP contribution in [0.1, 0.15) is 18.5 Å². The summed E-state index contributed by atoms with van der Waals surface area (Å²) in [6.07, 6.45) is 0. The third kappa shape index (κ3) is 7.89. The molecule has 0 aliphatic carbocycles. The number of nitrogens with zero attached hydrogens (tertiary/aromatic N) is 2. The summed E-state index contributed by atoms with van der Waals surface area (Å²) in [4.78, 5) is 6.76. The molecule has 1 aromatic carbocycles. The highest BCUT2D eigenvalue weighted by molar-refractivity contribution is 14.0. The fraction of sp³-hybridized carbons (Fsp3) is 0.611. The molecular weight excluding hydrogens is 431 g/mol. The van der Waals surface area contributed by atoms with Crippen LogP contribution in [0.2, 0.25) is 0 Å². The van der Waals surface area contributed by atoms with Crippen molar-refractivity contribution in [2.24, 2.45) is 4.99 Å². The number of hydrogen-bond acceptors (Lipinski definition) is 4. The van der Waals surface area contributed by atoms with Crippen molar-refractivity contribution in [1.29, 1.82) is 0 Å². The topological polar surface area (TPSA) is 58.1 Å². The summed E-state index contributed by atoms with van der Waals surface area (Å²) >= 11 is 0. The first-order valence-corrected chi connectivity index (χ1v) is 8.74. The number of nitrogens with one attached hydrogen (secondary N) is 2. The summed E-state index contributed by atoms with van der Waals surface area (Å²) in [5.41, 5.74) is 1.32. The Morgan fingerprint density at radius 3 is 2.60 bits per heavy atom. The molecule has 0 spiro atoms. The van der Waals surface area contributed by atoms with Crippen molar-refractivity contribution in [2.45, 2.75) is 13.0 Å². The predicted molar refractivity (Wildman–Crippen MR) is 113 cm³/mol. The number of guanidine groups is 1. The van der Waals surface area contributed by atoms with Crippen LogP contribution < -0.4 is 10.6 Å². The highest BCUT2D eigenvalue weighted by Crippen LogP contribution is 2.20. The van der Waals surface area contributed by atoms with E-state index in [0.717, 1.165) is 52.0 Å². The van der Waals surface area contributed by atoms with Crippen LogP contribution in [0, 0.1) is 0 Å². The summed E-state index contributed by atoms with van der Waals surface area (Å²) in [6, 6.07) is 10.9. The van der Waals surface area contributed by atoms with Gasteiger partial charge in [-0.25, -0.2) is 0 Å². The van der Waals surface area contributed by atoms with Gasteiger partial charge in [0.2, 0.25) is 0 Å². The lowest BCUT2D eigenvalue weighted by Crippen LogP contribution is -2.46. The Hall–Kier alpha value is -0.900. The second kappa shape index (κ2) is 13.3. The third-order valence-electron chi connectivity index (χ3n) is 4.10.